The highest BCUT2D eigenvalue weighted by molar-refractivity contribution is 7.09. The first-order chi connectivity index (χ1) is 13.6. The van der Waals surface area contributed by atoms with E-state index in [4.69, 9.17) is 4.74 Å². The Bertz CT molecular complexity index is 958. The SMILES string of the molecule is O=C(N[C@H](Cc1nccs1)C(=O)O)OCC1c2ccccc2-c2ccccc21. The number of nitrogens with zero attached hydrogens (tertiary/aromatic N) is 1. The van der Waals surface area contributed by atoms with Gasteiger partial charge in [0.2, 0.25) is 0 Å². The fraction of sp³-hybridized carbons (Fsp3) is 0.190. The second kappa shape index (κ2) is 7.82. The molecule has 0 radical (unpaired) electrons. The molecule has 0 saturated heterocycles. The Morgan fingerprint density at radius 2 is 1.75 bits per heavy atom. The normalized spacial score (nSPS) is 13.4. The van der Waals surface area contributed by atoms with Gasteiger partial charge in [0.15, 0.2) is 0 Å². The molecule has 28 heavy (non-hydrogen) atoms. The molecule has 0 aliphatic heterocycles. The van der Waals surface area contributed by atoms with E-state index in [0.717, 1.165) is 22.3 Å². The highest BCUT2D eigenvalue weighted by Gasteiger charge is 2.29. The molecule has 0 spiro atoms. The number of carbonyl (C=O) groups excluding carboxylic acids is 1. The van der Waals surface area contributed by atoms with E-state index >= 15 is 0 Å². The van der Waals surface area contributed by atoms with Crippen LogP contribution in [0, 0.1) is 0 Å². The number of aliphatic carboxylic acids is 1. The number of ether oxygens (including phenoxy) is 1. The molecule has 1 aliphatic carbocycles. The third kappa shape index (κ3) is 3.61. The number of hydrogen-bond donors (Lipinski definition) is 2. The van der Waals surface area contributed by atoms with Crippen LogP contribution in [0.15, 0.2) is 60.1 Å². The first kappa shape index (κ1) is 18.2. The number of thiazole rings is 1. The second-order valence-corrected chi connectivity index (χ2v) is 7.47. The Morgan fingerprint density at radius 1 is 1.11 bits per heavy atom. The number of amides is 1. The van der Waals surface area contributed by atoms with Crippen molar-refractivity contribution in [2.75, 3.05) is 6.61 Å². The maximum atomic E-state index is 12.3. The molecule has 1 aromatic heterocycles. The Kier molecular flexibility index (Phi) is 5.08. The van der Waals surface area contributed by atoms with Gasteiger partial charge in [0.05, 0.1) is 5.01 Å². The molecule has 1 amide bonds. The summed E-state index contributed by atoms with van der Waals surface area (Å²) >= 11 is 1.35. The van der Waals surface area contributed by atoms with Gasteiger partial charge in [0.1, 0.15) is 12.6 Å². The Balaban J connectivity index is 1.44. The number of carboxylic acid groups (broad SMARTS) is 1. The van der Waals surface area contributed by atoms with E-state index in [9.17, 15) is 14.7 Å². The zero-order valence-electron chi connectivity index (χ0n) is 14.9. The number of aromatic nitrogens is 1. The summed E-state index contributed by atoms with van der Waals surface area (Å²) < 4.78 is 5.41. The van der Waals surface area contributed by atoms with Gasteiger partial charge in [0.25, 0.3) is 0 Å². The van der Waals surface area contributed by atoms with Gasteiger partial charge in [0, 0.05) is 23.9 Å². The Morgan fingerprint density at radius 3 is 2.32 bits per heavy atom. The molecule has 6 nitrogen and oxygen atoms in total. The van der Waals surface area contributed by atoms with Gasteiger partial charge in [-0.1, -0.05) is 48.5 Å². The summed E-state index contributed by atoms with van der Waals surface area (Å²) in [7, 11) is 0. The van der Waals surface area contributed by atoms with Crippen molar-refractivity contribution in [2.45, 2.75) is 18.4 Å². The predicted molar refractivity (Wildman–Crippen MR) is 105 cm³/mol. The van der Waals surface area contributed by atoms with Crippen LogP contribution < -0.4 is 5.32 Å². The van der Waals surface area contributed by atoms with Crippen molar-refractivity contribution in [1.82, 2.24) is 10.3 Å². The molecule has 7 heteroatoms. The van der Waals surface area contributed by atoms with Crippen molar-refractivity contribution >= 4 is 23.4 Å². The topological polar surface area (TPSA) is 88.5 Å². The number of carboxylic acids is 1. The summed E-state index contributed by atoms with van der Waals surface area (Å²) in [6.07, 6.45) is 0.981. The third-order valence-corrected chi connectivity index (χ3v) is 5.60. The highest BCUT2D eigenvalue weighted by atomic mass is 32.1. The van der Waals surface area contributed by atoms with Crippen molar-refractivity contribution in [3.8, 4) is 11.1 Å². The number of carbonyl (C=O) groups is 2. The minimum Gasteiger partial charge on any atom is -0.480 e. The highest BCUT2D eigenvalue weighted by Crippen LogP contribution is 2.44. The Labute approximate surface area is 165 Å². The van der Waals surface area contributed by atoms with Crippen LogP contribution in [0.5, 0.6) is 0 Å². The second-order valence-electron chi connectivity index (χ2n) is 6.49. The minimum absolute atomic E-state index is 0.0691. The number of nitrogens with one attached hydrogen (secondary N) is 1. The number of alkyl carbamates (subject to hydrolysis) is 1. The van der Waals surface area contributed by atoms with Gasteiger partial charge >= 0.3 is 12.1 Å². The van der Waals surface area contributed by atoms with Gasteiger partial charge in [-0.15, -0.1) is 11.3 Å². The molecule has 2 N–H and O–H groups in total. The quantitative estimate of drug-likeness (QED) is 0.666. The van der Waals surface area contributed by atoms with Crippen molar-refractivity contribution < 1.29 is 19.4 Å². The van der Waals surface area contributed by atoms with E-state index in [1.54, 1.807) is 11.6 Å². The van der Waals surface area contributed by atoms with Crippen LogP contribution in [0.25, 0.3) is 11.1 Å². The smallest absolute Gasteiger partial charge is 0.407 e. The monoisotopic (exact) mass is 394 g/mol. The van der Waals surface area contributed by atoms with Crippen LogP contribution in [0.2, 0.25) is 0 Å². The van der Waals surface area contributed by atoms with E-state index in [-0.39, 0.29) is 18.9 Å². The maximum absolute atomic E-state index is 12.3. The lowest BCUT2D eigenvalue weighted by atomic mass is 9.98. The van der Waals surface area contributed by atoms with Crippen LogP contribution in [-0.2, 0) is 16.0 Å². The first-order valence-electron chi connectivity index (χ1n) is 8.86. The van der Waals surface area contributed by atoms with E-state index in [1.165, 1.54) is 11.3 Å². The van der Waals surface area contributed by atoms with E-state index in [1.807, 2.05) is 36.4 Å². The van der Waals surface area contributed by atoms with Gasteiger partial charge in [-0.2, -0.15) is 0 Å². The van der Waals surface area contributed by atoms with Crippen LogP contribution in [-0.4, -0.2) is 34.8 Å². The summed E-state index contributed by atoms with van der Waals surface area (Å²) in [4.78, 5) is 27.8. The molecule has 1 atom stereocenters. The van der Waals surface area contributed by atoms with E-state index in [2.05, 4.69) is 22.4 Å². The summed E-state index contributed by atoms with van der Waals surface area (Å²) in [6.45, 7) is 0.142. The lowest BCUT2D eigenvalue weighted by Gasteiger charge is -2.17. The fourth-order valence-electron chi connectivity index (χ4n) is 3.51. The molecular formula is C21H18N2O4S. The molecule has 0 bridgehead atoms. The lowest BCUT2D eigenvalue weighted by Crippen LogP contribution is -2.42. The molecule has 4 rings (SSSR count). The van der Waals surface area contributed by atoms with Crippen LogP contribution in [0.1, 0.15) is 22.1 Å². The molecule has 142 valence electrons. The standard InChI is InChI=1S/C21H18N2O4S/c24-20(25)18(11-19-22-9-10-28-19)23-21(26)27-12-17-15-7-3-1-5-13(15)14-6-2-4-8-16(14)17/h1-10,17-18H,11-12H2,(H,23,26)(H,24,25)/t18-/m1/s1. The van der Waals surface area contributed by atoms with Gasteiger partial charge < -0.3 is 15.2 Å². The summed E-state index contributed by atoms with van der Waals surface area (Å²) in [5, 5.41) is 14.2. The van der Waals surface area contributed by atoms with Crippen LogP contribution >= 0.6 is 11.3 Å². The van der Waals surface area contributed by atoms with Crippen molar-refractivity contribution in [1.29, 1.82) is 0 Å². The van der Waals surface area contributed by atoms with Crippen LogP contribution in [0.4, 0.5) is 4.79 Å². The molecule has 0 unspecified atom stereocenters. The maximum Gasteiger partial charge on any atom is 0.407 e. The number of fused-ring (bicyclic) bond motifs is 3. The number of benzene rings is 2. The zero-order chi connectivity index (χ0) is 19.5. The van der Waals surface area contributed by atoms with Gasteiger partial charge in [-0.05, 0) is 22.3 Å². The van der Waals surface area contributed by atoms with E-state index in [0.29, 0.717) is 5.01 Å². The molecule has 0 fully saturated rings. The summed E-state index contributed by atoms with van der Waals surface area (Å²) in [6, 6.07) is 15.0. The van der Waals surface area contributed by atoms with Crippen LogP contribution in [0.3, 0.4) is 0 Å². The first-order valence-corrected chi connectivity index (χ1v) is 9.74. The van der Waals surface area contributed by atoms with Crippen molar-refractivity contribution in [3.63, 3.8) is 0 Å². The molecule has 1 heterocycles. The van der Waals surface area contributed by atoms with Crippen molar-refractivity contribution in [2.24, 2.45) is 0 Å². The third-order valence-electron chi connectivity index (χ3n) is 4.80. The average Bonchev–Trinajstić information content (AvgIpc) is 3.32. The Hall–Kier alpha value is -3.19. The average molecular weight is 394 g/mol. The molecule has 0 saturated carbocycles. The molecular weight excluding hydrogens is 376 g/mol. The van der Waals surface area contributed by atoms with E-state index < -0.39 is 18.1 Å². The van der Waals surface area contributed by atoms with Gasteiger partial charge in [-0.3, -0.25) is 0 Å². The summed E-state index contributed by atoms with van der Waals surface area (Å²) in [5.41, 5.74) is 4.49. The molecule has 3 aromatic rings. The number of rotatable bonds is 6. The molecule has 2 aromatic carbocycles. The fourth-order valence-corrected chi connectivity index (χ4v) is 4.17. The predicted octanol–water partition coefficient (Wildman–Crippen LogP) is 3.68. The minimum atomic E-state index is -1.12. The number of hydrogen-bond acceptors (Lipinski definition) is 5. The summed E-state index contributed by atoms with van der Waals surface area (Å²) in [5.74, 6) is -1.19. The van der Waals surface area contributed by atoms with Gasteiger partial charge in [-0.25, -0.2) is 14.6 Å². The molecule has 1 aliphatic rings. The zero-order valence-corrected chi connectivity index (χ0v) is 15.7. The van der Waals surface area contributed by atoms with Crippen molar-refractivity contribution in [3.05, 3.63) is 76.2 Å². The largest absolute Gasteiger partial charge is 0.480 e. The lowest BCUT2D eigenvalue weighted by molar-refractivity contribution is -0.139.